The molecule has 0 aliphatic heterocycles. The Kier molecular flexibility index (Phi) is 7.36. The minimum Gasteiger partial charge on any atom is -0.456 e. The van der Waals surface area contributed by atoms with Crippen molar-refractivity contribution in [2.75, 3.05) is 0 Å². The predicted molar refractivity (Wildman–Crippen MR) is 232 cm³/mol. The van der Waals surface area contributed by atoms with E-state index in [1.807, 2.05) is 18.3 Å². The topological polar surface area (TPSA) is 52.1 Å². The van der Waals surface area contributed by atoms with Crippen LogP contribution < -0.4 is 0 Å². The Bertz CT molecular complexity index is 3170. The highest BCUT2D eigenvalue weighted by atomic mass is 16.3. The lowest BCUT2D eigenvalue weighted by atomic mass is 9.82. The summed E-state index contributed by atoms with van der Waals surface area (Å²) >= 11 is 0. The van der Waals surface area contributed by atoms with Crippen LogP contribution in [0.25, 0.3) is 98.8 Å². The molecule has 56 heavy (non-hydrogen) atoms. The summed E-state index contributed by atoms with van der Waals surface area (Å²) in [7, 11) is 0. The SMILES string of the molecule is c1cc(-c2cnc3c4cc(C5CCCCC5)ccc4c4ccc(C5CCCCC5)cc4c3n2)cc(-c2cccc3c2oc2c3ccc3oc4ccccc4c32)c1. The summed E-state index contributed by atoms with van der Waals surface area (Å²) in [6, 6.07) is 42.0. The number of aromatic nitrogens is 2. The van der Waals surface area contributed by atoms with Crippen LogP contribution in [0.4, 0.5) is 0 Å². The molecule has 10 aromatic rings. The Morgan fingerprint density at radius 3 is 1.86 bits per heavy atom. The van der Waals surface area contributed by atoms with Crippen LogP contribution in [0.2, 0.25) is 0 Å². The van der Waals surface area contributed by atoms with Crippen molar-refractivity contribution in [1.82, 2.24) is 9.97 Å². The van der Waals surface area contributed by atoms with Gasteiger partial charge < -0.3 is 8.83 Å². The van der Waals surface area contributed by atoms with Crippen molar-refractivity contribution in [1.29, 1.82) is 0 Å². The molecule has 0 unspecified atom stereocenters. The van der Waals surface area contributed by atoms with Crippen molar-refractivity contribution < 1.29 is 8.83 Å². The molecule has 0 radical (unpaired) electrons. The molecule has 2 fully saturated rings. The molecule has 4 nitrogen and oxygen atoms in total. The van der Waals surface area contributed by atoms with Gasteiger partial charge in [-0.3, -0.25) is 4.98 Å². The van der Waals surface area contributed by atoms with Gasteiger partial charge >= 0.3 is 0 Å². The number of furan rings is 2. The van der Waals surface area contributed by atoms with Gasteiger partial charge in [-0.1, -0.05) is 117 Å². The molecule has 272 valence electrons. The van der Waals surface area contributed by atoms with Gasteiger partial charge in [-0.15, -0.1) is 0 Å². The molecule has 3 aromatic heterocycles. The monoisotopic (exact) mass is 726 g/mol. The summed E-state index contributed by atoms with van der Waals surface area (Å²) in [4.78, 5) is 10.8. The van der Waals surface area contributed by atoms with Crippen LogP contribution in [0.5, 0.6) is 0 Å². The lowest BCUT2D eigenvalue weighted by Crippen LogP contribution is -2.05. The maximum atomic E-state index is 6.84. The zero-order valence-electron chi connectivity index (χ0n) is 31.5. The number of fused-ring (bicyclic) bond motifs is 13. The second kappa shape index (κ2) is 12.8. The van der Waals surface area contributed by atoms with Crippen molar-refractivity contribution in [2.45, 2.75) is 76.0 Å². The normalized spacial score (nSPS) is 16.1. The summed E-state index contributed by atoms with van der Waals surface area (Å²) < 4.78 is 13.1. The first-order valence-electron chi connectivity index (χ1n) is 20.8. The molecule has 2 aliphatic rings. The molecule has 2 saturated carbocycles. The van der Waals surface area contributed by atoms with Crippen LogP contribution in [0.3, 0.4) is 0 Å². The molecule has 0 N–H and O–H groups in total. The van der Waals surface area contributed by atoms with E-state index in [1.54, 1.807) is 0 Å². The van der Waals surface area contributed by atoms with Crippen LogP contribution in [0.1, 0.15) is 87.2 Å². The Morgan fingerprint density at radius 2 is 1.09 bits per heavy atom. The average molecular weight is 727 g/mol. The van der Waals surface area contributed by atoms with E-state index < -0.39 is 0 Å². The number of hydrogen-bond acceptors (Lipinski definition) is 4. The number of hydrogen-bond donors (Lipinski definition) is 0. The maximum absolute atomic E-state index is 6.84. The van der Waals surface area contributed by atoms with E-state index in [4.69, 9.17) is 18.8 Å². The van der Waals surface area contributed by atoms with Crippen LogP contribution in [-0.4, -0.2) is 9.97 Å². The smallest absolute Gasteiger partial charge is 0.147 e. The summed E-state index contributed by atoms with van der Waals surface area (Å²) in [5, 5.41) is 9.29. The molecule has 0 saturated heterocycles. The minimum atomic E-state index is 0.615. The number of para-hydroxylation sites is 2. The van der Waals surface area contributed by atoms with Gasteiger partial charge in [-0.25, -0.2) is 4.98 Å². The molecule has 12 rings (SSSR count). The van der Waals surface area contributed by atoms with Gasteiger partial charge in [0.2, 0.25) is 0 Å². The van der Waals surface area contributed by atoms with Crippen LogP contribution in [0, 0.1) is 0 Å². The number of nitrogens with zero attached hydrogens (tertiary/aromatic N) is 2. The fourth-order valence-electron chi connectivity index (χ4n) is 10.4. The maximum Gasteiger partial charge on any atom is 0.147 e. The standard InChI is InChI=1S/C52H42N2O2/c1-3-11-31(12-4-1)33-21-23-38-39-24-22-34(32-13-5-2-6-14-32)29-44(39)50-49(43(38)28-33)53-30-45(54-50)36-16-9-15-35(27-36)37-18-10-19-40-41-25-26-47-48(52(41)56-51(37)40)42-17-7-8-20-46(42)55-47/h7-10,15-32H,1-6,11-14H2. The van der Waals surface area contributed by atoms with Gasteiger partial charge in [0.25, 0.3) is 0 Å². The van der Waals surface area contributed by atoms with Crippen LogP contribution >= 0.6 is 0 Å². The molecule has 0 amide bonds. The Labute approximate surface area is 325 Å². The molecule has 0 bridgehead atoms. The number of rotatable bonds is 4. The highest BCUT2D eigenvalue weighted by molar-refractivity contribution is 6.24. The van der Waals surface area contributed by atoms with Crippen molar-refractivity contribution in [3.8, 4) is 22.4 Å². The zero-order valence-corrected chi connectivity index (χ0v) is 31.5. The second-order valence-electron chi connectivity index (χ2n) is 16.5. The lowest BCUT2D eigenvalue weighted by molar-refractivity contribution is 0.444. The first kappa shape index (κ1) is 32.3. The molecule has 0 spiro atoms. The van der Waals surface area contributed by atoms with Crippen molar-refractivity contribution in [2.24, 2.45) is 0 Å². The first-order valence-corrected chi connectivity index (χ1v) is 20.8. The quantitative estimate of drug-likeness (QED) is 0.169. The van der Waals surface area contributed by atoms with Crippen LogP contribution in [-0.2, 0) is 0 Å². The third kappa shape index (κ3) is 5.04. The highest BCUT2D eigenvalue weighted by Gasteiger charge is 2.22. The number of benzene rings is 7. The van der Waals surface area contributed by atoms with Gasteiger partial charge in [0, 0.05) is 38.1 Å². The molecule has 7 aromatic carbocycles. The summed E-state index contributed by atoms with van der Waals surface area (Å²) in [5.41, 5.74) is 12.4. The zero-order chi connectivity index (χ0) is 36.7. The van der Waals surface area contributed by atoms with Crippen LogP contribution in [0.15, 0.2) is 130 Å². The predicted octanol–water partition coefficient (Wildman–Crippen LogP) is 15.2. The minimum absolute atomic E-state index is 0.615. The summed E-state index contributed by atoms with van der Waals surface area (Å²) in [6.07, 6.45) is 15.1. The lowest BCUT2D eigenvalue weighted by Gasteiger charge is -2.23. The average Bonchev–Trinajstić information content (AvgIpc) is 3.85. The fraction of sp³-hybridized carbons (Fsp3) is 0.231. The van der Waals surface area contributed by atoms with E-state index in [-0.39, 0.29) is 0 Å². The van der Waals surface area contributed by atoms with E-state index in [0.717, 1.165) is 77.3 Å². The Balaban J connectivity index is 1.03. The van der Waals surface area contributed by atoms with Crippen molar-refractivity contribution in [3.63, 3.8) is 0 Å². The van der Waals surface area contributed by atoms with E-state index in [1.165, 1.54) is 96.9 Å². The summed E-state index contributed by atoms with van der Waals surface area (Å²) in [6.45, 7) is 0. The highest BCUT2D eigenvalue weighted by Crippen LogP contribution is 2.44. The van der Waals surface area contributed by atoms with Gasteiger partial charge in [0.15, 0.2) is 0 Å². The molecule has 2 aliphatic carbocycles. The molecule has 3 heterocycles. The van der Waals surface area contributed by atoms with Crippen molar-refractivity contribution >= 4 is 76.5 Å². The molecule has 4 heteroatoms. The summed E-state index contributed by atoms with van der Waals surface area (Å²) in [5.74, 6) is 1.24. The third-order valence-electron chi connectivity index (χ3n) is 13.3. The molecule has 0 atom stereocenters. The second-order valence-corrected chi connectivity index (χ2v) is 16.5. The van der Waals surface area contributed by atoms with Gasteiger partial charge in [0.05, 0.1) is 28.3 Å². The van der Waals surface area contributed by atoms with E-state index in [9.17, 15) is 0 Å². The largest absolute Gasteiger partial charge is 0.456 e. The fourth-order valence-corrected chi connectivity index (χ4v) is 10.4. The van der Waals surface area contributed by atoms with Gasteiger partial charge in [0.1, 0.15) is 22.3 Å². The Hall–Kier alpha value is -6.00. The molecular formula is C52H42N2O2. The van der Waals surface area contributed by atoms with E-state index in [2.05, 4.69) is 103 Å². The van der Waals surface area contributed by atoms with Gasteiger partial charge in [-0.2, -0.15) is 0 Å². The third-order valence-corrected chi connectivity index (χ3v) is 13.3. The Morgan fingerprint density at radius 1 is 0.446 bits per heavy atom. The first-order chi connectivity index (χ1) is 27.7. The van der Waals surface area contributed by atoms with E-state index in [0.29, 0.717) is 11.8 Å². The van der Waals surface area contributed by atoms with Gasteiger partial charge in [-0.05, 0) is 101 Å². The van der Waals surface area contributed by atoms with E-state index >= 15 is 0 Å². The van der Waals surface area contributed by atoms with Crippen molar-refractivity contribution in [3.05, 3.63) is 133 Å². The molecular weight excluding hydrogens is 685 g/mol.